The molecule has 0 saturated carbocycles. The molecule has 4 aliphatic heterocycles. The van der Waals surface area contributed by atoms with Gasteiger partial charge in [0.15, 0.2) is 0 Å². The maximum absolute atomic E-state index is 13.3. The largest absolute Gasteiger partial charge is 0.358 e. The summed E-state index contributed by atoms with van der Waals surface area (Å²) >= 11 is 0. The Labute approximate surface area is 154 Å². The van der Waals surface area contributed by atoms with E-state index in [2.05, 4.69) is 60.2 Å². The lowest BCUT2D eigenvalue weighted by atomic mass is 9.51. The molecular formula is C22H27N3O. The summed E-state index contributed by atoms with van der Waals surface area (Å²) in [6.07, 6.45) is 3.10. The van der Waals surface area contributed by atoms with Crippen LogP contribution in [0.15, 0.2) is 24.3 Å². The van der Waals surface area contributed by atoms with E-state index in [1.54, 1.807) is 0 Å². The number of carbonyl (C=O) groups is 1. The van der Waals surface area contributed by atoms with Gasteiger partial charge in [-0.05, 0) is 49.3 Å². The lowest BCUT2D eigenvalue weighted by molar-refractivity contribution is -0.164. The highest BCUT2D eigenvalue weighted by molar-refractivity contribution is 5.91. The number of hydrogen-bond donors (Lipinski definition) is 2. The number of nitrogens with zero attached hydrogens (tertiary/aromatic N) is 1. The zero-order valence-electron chi connectivity index (χ0n) is 15.9. The number of aromatic nitrogens is 1. The number of para-hydroxylation sites is 1. The van der Waals surface area contributed by atoms with Crippen LogP contribution < -0.4 is 5.32 Å². The van der Waals surface area contributed by atoms with Crippen molar-refractivity contribution < 1.29 is 4.79 Å². The molecule has 4 nitrogen and oxygen atoms in total. The van der Waals surface area contributed by atoms with Gasteiger partial charge in [-0.1, -0.05) is 39.0 Å². The maximum Gasteiger partial charge on any atom is 0.241 e. The zero-order chi connectivity index (χ0) is 17.9. The van der Waals surface area contributed by atoms with E-state index in [-0.39, 0.29) is 16.5 Å². The Morgan fingerprint density at radius 3 is 2.88 bits per heavy atom. The molecule has 2 spiro atoms. The molecule has 1 aromatic carbocycles. The molecule has 2 bridgehead atoms. The molecule has 2 N–H and O–H groups in total. The number of amides is 1. The second-order valence-electron chi connectivity index (χ2n) is 9.83. The number of aromatic amines is 1. The van der Waals surface area contributed by atoms with Crippen molar-refractivity contribution in [3.8, 4) is 0 Å². The molecule has 26 heavy (non-hydrogen) atoms. The third-order valence-corrected chi connectivity index (χ3v) is 8.44. The quantitative estimate of drug-likeness (QED) is 0.768. The van der Waals surface area contributed by atoms with Gasteiger partial charge in [-0.3, -0.25) is 9.69 Å². The van der Waals surface area contributed by atoms with Crippen LogP contribution in [0.2, 0.25) is 0 Å². The Morgan fingerprint density at radius 2 is 2.04 bits per heavy atom. The van der Waals surface area contributed by atoms with Crippen LogP contribution in [0.5, 0.6) is 0 Å². The molecule has 2 aromatic rings. The molecule has 1 aliphatic carbocycles. The minimum atomic E-state index is -0.271. The Balaban J connectivity index is 1.59. The highest BCUT2D eigenvalue weighted by Crippen LogP contribution is 2.59. The first-order chi connectivity index (χ1) is 12.4. The molecule has 7 rings (SSSR count). The molecule has 5 heterocycles. The number of fused-ring (bicyclic) bond motifs is 4. The summed E-state index contributed by atoms with van der Waals surface area (Å²) in [6, 6.07) is 8.64. The Morgan fingerprint density at radius 1 is 1.23 bits per heavy atom. The Bertz CT molecular complexity index is 959. The number of piperazine rings is 1. The molecule has 0 unspecified atom stereocenters. The van der Waals surface area contributed by atoms with Crippen LogP contribution in [0.4, 0.5) is 0 Å². The molecule has 4 atom stereocenters. The fraction of sp³-hybridized carbons (Fsp3) is 0.591. The third kappa shape index (κ3) is 1.47. The monoisotopic (exact) mass is 349 g/mol. The molecule has 136 valence electrons. The van der Waals surface area contributed by atoms with Crippen LogP contribution in [-0.2, 0) is 16.6 Å². The van der Waals surface area contributed by atoms with Crippen molar-refractivity contribution >= 4 is 16.8 Å². The summed E-state index contributed by atoms with van der Waals surface area (Å²) in [4.78, 5) is 19.6. The summed E-state index contributed by atoms with van der Waals surface area (Å²) in [5, 5.41) is 4.91. The molecule has 5 aliphatic rings. The normalized spacial score (nSPS) is 40.2. The number of benzene rings is 1. The average molecular weight is 349 g/mol. The number of nitrogens with one attached hydrogen (secondary N) is 2. The van der Waals surface area contributed by atoms with Gasteiger partial charge in [-0.2, -0.15) is 0 Å². The molecule has 1 aromatic heterocycles. The van der Waals surface area contributed by atoms with Gasteiger partial charge in [0.05, 0.1) is 5.54 Å². The van der Waals surface area contributed by atoms with Gasteiger partial charge >= 0.3 is 0 Å². The average Bonchev–Trinajstić information content (AvgIpc) is 3.14. The highest BCUT2D eigenvalue weighted by atomic mass is 16.2. The van der Waals surface area contributed by atoms with Crippen molar-refractivity contribution in [1.29, 1.82) is 0 Å². The highest BCUT2D eigenvalue weighted by Gasteiger charge is 2.70. The van der Waals surface area contributed by atoms with E-state index in [4.69, 9.17) is 0 Å². The summed E-state index contributed by atoms with van der Waals surface area (Å²) in [7, 11) is 0. The van der Waals surface area contributed by atoms with Crippen LogP contribution in [0, 0.1) is 11.8 Å². The predicted octanol–water partition coefficient (Wildman–Crippen LogP) is 2.97. The van der Waals surface area contributed by atoms with Gasteiger partial charge in [-0.15, -0.1) is 0 Å². The van der Waals surface area contributed by atoms with Crippen LogP contribution in [0.1, 0.15) is 44.9 Å². The van der Waals surface area contributed by atoms with E-state index in [0.717, 1.165) is 32.4 Å². The lowest BCUT2D eigenvalue weighted by Crippen LogP contribution is -2.83. The van der Waals surface area contributed by atoms with Gasteiger partial charge in [-0.25, -0.2) is 0 Å². The van der Waals surface area contributed by atoms with Gasteiger partial charge in [0.2, 0.25) is 5.91 Å². The summed E-state index contributed by atoms with van der Waals surface area (Å²) in [5.74, 6) is 1.22. The summed E-state index contributed by atoms with van der Waals surface area (Å²) < 4.78 is 0. The second-order valence-corrected chi connectivity index (χ2v) is 9.83. The lowest BCUT2D eigenvalue weighted by Gasteiger charge is -2.66. The first-order valence-electron chi connectivity index (χ1n) is 10.1. The fourth-order valence-corrected chi connectivity index (χ4v) is 7.12. The number of H-pyrrole nitrogens is 1. The third-order valence-electron chi connectivity index (χ3n) is 8.44. The SMILES string of the molecule is C[C@@H]1CCN2C[C@]34Cc5c([nH]c6ccccc56)C(C)(C)[C@@H]3C[C@]12C(=O)N4. The van der Waals surface area contributed by atoms with E-state index in [1.807, 2.05) is 0 Å². The number of carbonyl (C=O) groups excluding carboxylic acids is 1. The van der Waals surface area contributed by atoms with Crippen LogP contribution in [0.3, 0.4) is 0 Å². The smallest absolute Gasteiger partial charge is 0.241 e. The van der Waals surface area contributed by atoms with Gasteiger partial charge in [0.1, 0.15) is 5.54 Å². The van der Waals surface area contributed by atoms with E-state index in [1.165, 1.54) is 22.2 Å². The van der Waals surface area contributed by atoms with E-state index in [0.29, 0.717) is 17.7 Å². The fourth-order valence-electron chi connectivity index (χ4n) is 7.12. The van der Waals surface area contributed by atoms with E-state index >= 15 is 0 Å². The van der Waals surface area contributed by atoms with Gasteiger partial charge in [0.25, 0.3) is 0 Å². The molecule has 0 radical (unpaired) electrons. The predicted molar refractivity (Wildman–Crippen MR) is 102 cm³/mol. The van der Waals surface area contributed by atoms with Crippen LogP contribution in [0.25, 0.3) is 10.9 Å². The minimum absolute atomic E-state index is 0.0295. The molecule has 4 heteroatoms. The standard InChI is InChI=1S/C22H27N3O/c1-13-8-9-25-12-21-10-15-14-6-4-5-7-16(14)23-18(15)20(2,3)17(21)11-22(13,25)19(26)24-21/h4-7,13,17,23H,8-12H2,1-3H3,(H,24,26)/t13-,17+,21-,22-/m1/s1. The van der Waals surface area contributed by atoms with Crippen molar-refractivity contribution in [3.63, 3.8) is 0 Å². The van der Waals surface area contributed by atoms with Crippen LogP contribution >= 0.6 is 0 Å². The van der Waals surface area contributed by atoms with E-state index < -0.39 is 0 Å². The van der Waals surface area contributed by atoms with Crippen molar-refractivity contribution in [2.75, 3.05) is 13.1 Å². The molecule has 4 fully saturated rings. The molecular weight excluding hydrogens is 322 g/mol. The van der Waals surface area contributed by atoms with Gasteiger partial charge in [0, 0.05) is 28.6 Å². The van der Waals surface area contributed by atoms with Crippen LogP contribution in [-0.4, -0.2) is 40.0 Å². The minimum Gasteiger partial charge on any atom is -0.358 e. The van der Waals surface area contributed by atoms with E-state index in [9.17, 15) is 4.79 Å². The number of hydrogen-bond acceptors (Lipinski definition) is 2. The second kappa shape index (κ2) is 4.36. The summed E-state index contributed by atoms with van der Waals surface area (Å²) in [5.41, 5.74) is 3.68. The van der Waals surface area contributed by atoms with Crippen molar-refractivity contribution in [2.24, 2.45) is 11.8 Å². The maximum atomic E-state index is 13.3. The number of piperidine rings is 2. The first kappa shape index (κ1) is 15.3. The summed E-state index contributed by atoms with van der Waals surface area (Å²) in [6.45, 7) is 9.14. The Kier molecular flexibility index (Phi) is 2.56. The molecule has 4 saturated heterocycles. The first-order valence-corrected chi connectivity index (χ1v) is 10.1. The molecule has 1 amide bonds. The zero-order valence-corrected chi connectivity index (χ0v) is 15.9. The van der Waals surface area contributed by atoms with Gasteiger partial charge < -0.3 is 10.3 Å². The number of rotatable bonds is 0. The van der Waals surface area contributed by atoms with Crippen molar-refractivity contribution in [1.82, 2.24) is 15.2 Å². The van der Waals surface area contributed by atoms with Crippen molar-refractivity contribution in [3.05, 3.63) is 35.5 Å². The van der Waals surface area contributed by atoms with Crippen molar-refractivity contribution in [2.45, 2.75) is 56.5 Å². The topological polar surface area (TPSA) is 48.1 Å². The Hall–Kier alpha value is -1.81.